The standard InChI is InChI=1S/3C7H16.Fe/c3*1-3-5-7-6-4-2;/h3*3-7H2,1-2H3;. The van der Waals surface area contributed by atoms with Crippen molar-refractivity contribution in [2.24, 2.45) is 0 Å². The first-order valence-electron chi connectivity index (χ1n) is 10.2. The molecule has 0 bridgehead atoms. The van der Waals surface area contributed by atoms with E-state index >= 15 is 0 Å². The van der Waals surface area contributed by atoms with E-state index < -0.39 is 0 Å². The molecule has 0 aliphatic rings. The first kappa shape index (κ1) is 30.4. The monoisotopic (exact) mass is 356 g/mol. The molecule has 0 aliphatic carbocycles. The minimum atomic E-state index is 0. The molecule has 0 radical (unpaired) electrons. The van der Waals surface area contributed by atoms with Crippen LogP contribution in [0.5, 0.6) is 0 Å². The molecule has 0 aromatic carbocycles. The van der Waals surface area contributed by atoms with E-state index in [9.17, 15) is 0 Å². The van der Waals surface area contributed by atoms with E-state index in [4.69, 9.17) is 0 Å². The summed E-state index contributed by atoms with van der Waals surface area (Å²) in [6, 6.07) is 0. The van der Waals surface area contributed by atoms with E-state index in [0.717, 1.165) is 0 Å². The minimum absolute atomic E-state index is 0. The van der Waals surface area contributed by atoms with Gasteiger partial charge in [-0.25, -0.2) is 0 Å². The maximum Gasteiger partial charge on any atom is 0 e. The third kappa shape index (κ3) is 49.9. The fourth-order valence-corrected chi connectivity index (χ4v) is 2.03. The van der Waals surface area contributed by atoms with Gasteiger partial charge in [-0.2, -0.15) is 0 Å². The Kier molecular flexibility index (Phi) is 52.0. The summed E-state index contributed by atoms with van der Waals surface area (Å²) in [5.41, 5.74) is 0. The summed E-state index contributed by atoms with van der Waals surface area (Å²) in [4.78, 5) is 0. The van der Waals surface area contributed by atoms with Crippen LogP contribution in [0.4, 0.5) is 0 Å². The smallest absolute Gasteiger partial charge is 0 e. The quantitative estimate of drug-likeness (QED) is 0.242. The Morgan fingerprint density at radius 1 is 0.273 bits per heavy atom. The number of rotatable bonds is 12. The van der Waals surface area contributed by atoms with Crippen LogP contribution in [0.25, 0.3) is 0 Å². The van der Waals surface area contributed by atoms with Gasteiger partial charge in [0.05, 0.1) is 0 Å². The second-order valence-electron chi connectivity index (χ2n) is 6.18. The van der Waals surface area contributed by atoms with Crippen LogP contribution >= 0.6 is 0 Å². The molecule has 0 aliphatic heterocycles. The van der Waals surface area contributed by atoms with Gasteiger partial charge in [0.25, 0.3) is 0 Å². The summed E-state index contributed by atoms with van der Waals surface area (Å²) in [6.45, 7) is 13.5. The molecule has 22 heavy (non-hydrogen) atoms. The summed E-state index contributed by atoms with van der Waals surface area (Å²) >= 11 is 0. The Hall–Kier alpha value is 0.519. The van der Waals surface area contributed by atoms with Crippen LogP contribution in [0.15, 0.2) is 0 Å². The molecule has 0 spiro atoms. The van der Waals surface area contributed by atoms with Crippen LogP contribution in [0.2, 0.25) is 0 Å². The van der Waals surface area contributed by atoms with E-state index in [1.54, 1.807) is 0 Å². The van der Waals surface area contributed by atoms with Crippen molar-refractivity contribution in [3.05, 3.63) is 0 Å². The topological polar surface area (TPSA) is 0 Å². The van der Waals surface area contributed by atoms with Crippen LogP contribution in [0.3, 0.4) is 0 Å². The first-order valence-corrected chi connectivity index (χ1v) is 10.2. The summed E-state index contributed by atoms with van der Waals surface area (Å²) < 4.78 is 0. The molecule has 140 valence electrons. The molecule has 0 fully saturated rings. The van der Waals surface area contributed by atoms with E-state index in [1.165, 1.54) is 96.3 Å². The van der Waals surface area contributed by atoms with Gasteiger partial charge in [0.15, 0.2) is 0 Å². The minimum Gasteiger partial charge on any atom is -0.0654 e. The first-order chi connectivity index (χ1) is 10.2. The van der Waals surface area contributed by atoms with Crippen molar-refractivity contribution in [2.75, 3.05) is 0 Å². The van der Waals surface area contributed by atoms with Crippen molar-refractivity contribution < 1.29 is 17.1 Å². The van der Waals surface area contributed by atoms with Crippen molar-refractivity contribution in [3.8, 4) is 0 Å². The van der Waals surface area contributed by atoms with Crippen LogP contribution < -0.4 is 0 Å². The molecule has 0 aromatic rings. The molecular weight excluding hydrogens is 308 g/mol. The molecule has 0 rings (SSSR count). The van der Waals surface area contributed by atoms with E-state index in [1.807, 2.05) is 0 Å². The molecule has 0 unspecified atom stereocenters. The van der Waals surface area contributed by atoms with Crippen LogP contribution in [-0.2, 0) is 17.1 Å². The Morgan fingerprint density at radius 2 is 0.409 bits per heavy atom. The van der Waals surface area contributed by atoms with Gasteiger partial charge in [-0.1, -0.05) is 138 Å². The SMILES string of the molecule is CCCCCCC.CCCCCCC.CCCCCCC.[Fe]. The molecule has 0 saturated heterocycles. The van der Waals surface area contributed by atoms with Crippen molar-refractivity contribution in [2.45, 2.75) is 138 Å². The molecule has 0 heterocycles. The maximum atomic E-state index is 2.25. The number of hydrogen-bond donors (Lipinski definition) is 0. The Balaban J connectivity index is -0.000000108. The summed E-state index contributed by atoms with van der Waals surface area (Å²) in [7, 11) is 0. The number of unbranched alkanes of at least 4 members (excludes halogenated alkanes) is 12. The zero-order chi connectivity index (χ0) is 16.6. The van der Waals surface area contributed by atoms with Crippen molar-refractivity contribution in [1.29, 1.82) is 0 Å². The third-order valence-electron chi connectivity index (χ3n) is 3.62. The number of hydrogen-bond acceptors (Lipinski definition) is 0. The van der Waals surface area contributed by atoms with E-state index in [0.29, 0.717) is 0 Å². The third-order valence-corrected chi connectivity index (χ3v) is 3.62. The Bertz CT molecular complexity index is 87.3. The van der Waals surface area contributed by atoms with Gasteiger partial charge >= 0.3 is 0 Å². The molecule has 1 heteroatoms. The second-order valence-corrected chi connectivity index (χ2v) is 6.18. The zero-order valence-electron chi connectivity index (χ0n) is 17.0. The fraction of sp³-hybridized carbons (Fsp3) is 1.00. The van der Waals surface area contributed by atoms with Crippen molar-refractivity contribution in [1.82, 2.24) is 0 Å². The molecule has 0 amide bonds. The zero-order valence-corrected chi connectivity index (χ0v) is 18.1. The molecule has 0 atom stereocenters. The molecule has 0 aromatic heterocycles. The van der Waals surface area contributed by atoms with Gasteiger partial charge in [-0.3, -0.25) is 0 Å². The fourth-order valence-electron chi connectivity index (χ4n) is 2.03. The molecule has 0 saturated carbocycles. The molecule has 0 nitrogen and oxygen atoms in total. The van der Waals surface area contributed by atoms with Gasteiger partial charge in [-0.15, -0.1) is 0 Å². The van der Waals surface area contributed by atoms with Gasteiger partial charge < -0.3 is 0 Å². The second kappa shape index (κ2) is 37.6. The van der Waals surface area contributed by atoms with E-state index in [-0.39, 0.29) is 17.1 Å². The summed E-state index contributed by atoms with van der Waals surface area (Å²) in [5.74, 6) is 0. The average Bonchev–Trinajstić information content (AvgIpc) is 2.50. The van der Waals surface area contributed by atoms with Crippen molar-refractivity contribution >= 4 is 0 Å². The average molecular weight is 356 g/mol. The van der Waals surface area contributed by atoms with E-state index in [2.05, 4.69) is 41.5 Å². The van der Waals surface area contributed by atoms with Crippen LogP contribution in [-0.4, -0.2) is 0 Å². The van der Waals surface area contributed by atoms with Crippen LogP contribution in [0, 0.1) is 0 Å². The summed E-state index contributed by atoms with van der Waals surface area (Å²) in [5, 5.41) is 0. The predicted molar refractivity (Wildman–Crippen MR) is 103 cm³/mol. The van der Waals surface area contributed by atoms with Gasteiger partial charge in [0.1, 0.15) is 0 Å². The molecular formula is C21H48Fe. The van der Waals surface area contributed by atoms with Crippen LogP contribution in [0.1, 0.15) is 138 Å². The predicted octanol–water partition coefficient (Wildman–Crippen LogP) is 8.93. The maximum absolute atomic E-state index is 2.25. The largest absolute Gasteiger partial charge is 0.0654 e. The van der Waals surface area contributed by atoms with Crippen molar-refractivity contribution in [3.63, 3.8) is 0 Å². The normalized spacial score (nSPS) is 9.00. The van der Waals surface area contributed by atoms with Gasteiger partial charge in [0, 0.05) is 17.1 Å². The summed E-state index contributed by atoms with van der Waals surface area (Å²) in [6.07, 6.45) is 21.0. The van der Waals surface area contributed by atoms with Gasteiger partial charge in [-0.05, 0) is 0 Å². The molecule has 0 N–H and O–H groups in total. The Morgan fingerprint density at radius 3 is 0.500 bits per heavy atom. The van der Waals surface area contributed by atoms with Gasteiger partial charge in [0.2, 0.25) is 0 Å². The Labute approximate surface area is 155 Å².